The molecule has 0 amide bonds. The second kappa shape index (κ2) is 8.17. The first-order valence-corrected chi connectivity index (χ1v) is 10.2. The monoisotopic (exact) mass is 426 g/mol. The molecule has 6 heteroatoms. The topological polar surface area (TPSA) is 17.8 Å². The lowest BCUT2D eigenvalue weighted by Gasteiger charge is -2.15. The minimum absolute atomic E-state index is 0.0944. The van der Waals surface area contributed by atoms with Gasteiger partial charge in [-0.05, 0) is 59.9 Å². The van der Waals surface area contributed by atoms with Gasteiger partial charge in [0.05, 0.1) is 23.0 Å². The highest BCUT2D eigenvalue weighted by Crippen LogP contribution is 2.34. The largest absolute Gasteiger partial charge is 0.416 e. The van der Waals surface area contributed by atoms with Gasteiger partial charge in [-0.25, -0.2) is 4.39 Å². The van der Waals surface area contributed by atoms with Crippen LogP contribution >= 0.6 is 0 Å². The van der Waals surface area contributed by atoms with Crippen LogP contribution in [0.1, 0.15) is 36.1 Å². The average molecular weight is 426 g/mol. The van der Waals surface area contributed by atoms with E-state index in [1.54, 1.807) is 17.0 Å². The maximum Gasteiger partial charge on any atom is 0.416 e. The van der Waals surface area contributed by atoms with Crippen molar-refractivity contribution in [2.24, 2.45) is 0 Å². The zero-order valence-corrected chi connectivity index (χ0v) is 17.3. The van der Waals surface area contributed by atoms with Gasteiger partial charge in [0, 0.05) is 23.7 Å². The lowest BCUT2D eigenvalue weighted by Crippen LogP contribution is -2.12. The van der Waals surface area contributed by atoms with E-state index in [-0.39, 0.29) is 12.1 Å². The number of benzene rings is 2. The number of aromatic nitrogens is 2. The molecule has 160 valence electrons. The van der Waals surface area contributed by atoms with E-state index in [0.717, 1.165) is 47.7 Å². The van der Waals surface area contributed by atoms with E-state index in [1.807, 2.05) is 18.2 Å². The third kappa shape index (κ3) is 4.07. The van der Waals surface area contributed by atoms with Crippen molar-refractivity contribution in [3.8, 4) is 11.3 Å². The molecule has 0 unspecified atom stereocenters. The molecule has 0 spiro atoms. The van der Waals surface area contributed by atoms with Crippen LogP contribution in [0.2, 0.25) is 0 Å². The van der Waals surface area contributed by atoms with Gasteiger partial charge < -0.3 is 4.57 Å². The Hall–Kier alpha value is -3.15. The van der Waals surface area contributed by atoms with Crippen molar-refractivity contribution in [3.05, 3.63) is 89.0 Å². The van der Waals surface area contributed by atoms with Crippen molar-refractivity contribution in [2.75, 3.05) is 0 Å². The molecule has 0 radical (unpaired) electrons. The van der Waals surface area contributed by atoms with E-state index in [2.05, 4.69) is 31.0 Å². The van der Waals surface area contributed by atoms with Gasteiger partial charge in [-0.3, -0.25) is 4.98 Å². The van der Waals surface area contributed by atoms with Crippen LogP contribution in [-0.2, 0) is 25.6 Å². The molecule has 0 atom stereocenters. The molecule has 4 rings (SSSR count). The zero-order chi connectivity index (χ0) is 22.2. The van der Waals surface area contributed by atoms with E-state index < -0.39 is 17.6 Å². The molecule has 0 fully saturated rings. The molecule has 2 nitrogen and oxygen atoms in total. The molecule has 31 heavy (non-hydrogen) atoms. The smallest absolute Gasteiger partial charge is 0.342 e. The van der Waals surface area contributed by atoms with Gasteiger partial charge in [-0.2, -0.15) is 13.2 Å². The summed E-state index contributed by atoms with van der Waals surface area (Å²) in [5, 5.41) is 0.878. The summed E-state index contributed by atoms with van der Waals surface area (Å²) in [7, 11) is 0. The molecule has 0 N–H and O–H groups in total. The van der Waals surface area contributed by atoms with Crippen LogP contribution in [0.4, 0.5) is 17.6 Å². The molecular weight excluding hydrogens is 404 g/mol. The van der Waals surface area contributed by atoms with Crippen LogP contribution < -0.4 is 0 Å². The fourth-order valence-electron chi connectivity index (χ4n) is 4.09. The summed E-state index contributed by atoms with van der Waals surface area (Å²) in [6.07, 6.45) is 0.613. The highest BCUT2D eigenvalue weighted by molar-refractivity contribution is 5.84. The SMILES string of the molecule is CCc1cccc(CC)c1-c1cc2ccn(Cc3cc(F)ccc3C(F)(F)F)c2cn1. The summed E-state index contributed by atoms with van der Waals surface area (Å²) >= 11 is 0. The number of hydrogen-bond acceptors (Lipinski definition) is 1. The fraction of sp³-hybridized carbons (Fsp3) is 0.240. The predicted octanol–water partition coefficient (Wildman–Crippen LogP) is 7.03. The van der Waals surface area contributed by atoms with Crippen LogP contribution in [0.25, 0.3) is 22.2 Å². The third-order valence-electron chi connectivity index (χ3n) is 5.63. The Labute approximate surface area is 178 Å². The lowest BCUT2D eigenvalue weighted by atomic mass is 9.94. The number of aryl methyl sites for hydroxylation is 2. The second-order valence-corrected chi connectivity index (χ2v) is 7.53. The van der Waals surface area contributed by atoms with Crippen molar-refractivity contribution < 1.29 is 17.6 Å². The lowest BCUT2D eigenvalue weighted by molar-refractivity contribution is -0.138. The summed E-state index contributed by atoms with van der Waals surface area (Å²) in [6.45, 7) is 4.11. The van der Waals surface area contributed by atoms with E-state index in [9.17, 15) is 17.6 Å². The first kappa shape index (κ1) is 21.1. The minimum Gasteiger partial charge on any atom is -0.342 e. The van der Waals surface area contributed by atoms with E-state index in [0.29, 0.717) is 5.52 Å². The average Bonchev–Trinajstić information content (AvgIpc) is 3.14. The fourth-order valence-corrected chi connectivity index (χ4v) is 4.09. The number of pyridine rings is 1. The molecular formula is C25H22F4N2. The van der Waals surface area contributed by atoms with Crippen molar-refractivity contribution in [1.82, 2.24) is 9.55 Å². The number of alkyl halides is 3. The number of fused-ring (bicyclic) bond motifs is 1. The van der Waals surface area contributed by atoms with Gasteiger partial charge in [-0.1, -0.05) is 32.0 Å². The number of nitrogens with zero attached hydrogens (tertiary/aromatic N) is 2. The summed E-state index contributed by atoms with van der Waals surface area (Å²) in [5.41, 5.74) is 4.14. The standard InChI is InChI=1S/C25H22F4N2/c1-3-16-6-5-7-17(4-2)24(16)22-13-18-10-11-31(23(18)14-30-22)15-19-12-20(26)8-9-21(19)25(27,28)29/h5-14H,3-4,15H2,1-2H3. The van der Waals surface area contributed by atoms with Crippen molar-refractivity contribution in [3.63, 3.8) is 0 Å². The van der Waals surface area contributed by atoms with Gasteiger partial charge >= 0.3 is 6.18 Å². The number of halogens is 4. The maximum absolute atomic E-state index is 13.7. The molecule has 0 aliphatic rings. The maximum atomic E-state index is 13.7. The summed E-state index contributed by atoms with van der Waals surface area (Å²) in [4.78, 5) is 4.64. The van der Waals surface area contributed by atoms with Crippen LogP contribution in [0.5, 0.6) is 0 Å². The quantitative estimate of drug-likeness (QED) is 0.313. The predicted molar refractivity (Wildman–Crippen MR) is 114 cm³/mol. The summed E-state index contributed by atoms with van der Waals surface area (Å²) in [6, 6.07) is 12.6. The number of rotatable bonds is 5. The Morgan fingerprint density at radius 3 is 2.26 bits per heavy atom. The van der Waals surface area contributed by atoms with Crippen LogP contribution in [0, 0.1) is 5.82 Å². The Morgan fingerprint density at radius 1 is 0.903 bits per heavy atom. The Morgan fingerprint density at radius 2 is 1.61 bits per heavy atom. The van der Waals surface area contributed by atoms with Gasteiger partial charge in [0.2, 0.25) is 0 Å². The molecule has 2 heterocycles. The first-order chi connectivity index (χ1) is 14.8. The Balaban J connectivity index is 1.77. The molecule has 0 saturated heterocycles. The van der Waals surface area contributed by atoms with E-state index >= 15 is 0 Å². The van der Waals surface area contributed by atoms with Crippen molar-refractivity contribution in [2.45, 2.75) is 39.4 Å². The highest BCUT2D eigenvalue weighted by Gasteiger charge is 2.33. The van der Waals surface area contributed by atoms with Crippen molar-refractivity contribution >= 4 is 10.9 Å². The van der Waals surface area contributed by atoms with E-state index in [4.69, 9.17) is 0 Å². The van der Waals surface area contributed by atoms with Crippen LogP contribution in [-0.4, -0.2) is 9.55 Å². The number of hydrogen-bond donors (Lipinski definition) is 0. The zero-order valence-electron chi connectivity index (χ0n) is 17.3. The van der Waals surface area contributed by atoms with Gasteiger partial charge in [0.15, 0.2) is 0 Å². The third-order valence-corrected chi connectivity index (χ3v) is 5.63. The second-order valence-electron chi connectivity index (χ2n) is 7.53. The van der Waals surface area contributed by atoms with Gasteiger partial charge in [0.1, 0.15) is 5.82 Å². The normalized spacial score (nSPS) is 11.9. The molecule has 0 aliphatic heterocycles. The van der Waals surface area contributed by atoms with Gasteiger partial charge in [-0.15, -0.1) is 0 Å². The Bertz CT molecular complexity index is 1220. The summed E-state index contributed by atoms with van der Waals surface area (Å²) < 4.78 is 55.4. The van der Waals surface area contributed by atoms with Crippen LogP contribution in [0.15, 0.2) is 60.9 Å². The minimum atomic E-state index is -4.54. The molecule has 0 aliphatic carbocycles. The van der Waals surface area contributed by atoms with Crippen molar-refractivity contribution in [1.29, 1.82) is 0 Å². The molecule has 4 aromatic rings. The molecule has 0 saturated carbocycles. The van der Waals surface area contributed by atoms with E-state index in [1.165, 1.54) is 11.1 Å². The Kier molecular flexibility index (Phi) is 5.56. The molecule has 2 aromatic heterocycles. The molecule has 0 bridgehead atoms. The summed E-state index contributed by atoms with van der Waals surface area (Å²) in [5.74, 6) is -0.692. The van der Waals surface area contributed by atoms with Crippen LogP contribution in [0.3, 0.4) is 0 Å². The molecule has 2 aromatic carbocycles. The first-order valence-electron chi connectivity index (χ1n) is 10.2. The van der Waals surface area contributed by atoms with Gasteiger partial charge in [0.25, 0.3) is 0 Å². The highest BCUT2D eigenvalue weighted by atomic mass is 19.4.